The van der Waals surface area contributed by atoms with E-state index >= 15 is 0 Å². The second kappa shape index (κ2) is 6.41. The highest BCUT2D eigenvalue weighted by Crippen LogP contribution is 2.24. The Morgan fingerprint density at radius 2 is 2.05 bits per heavy atom. The van der Waals surface area contributed by atoms with E-state index in [0.29, 0.717) is 17.1 Å². The third-order valence-corrected chi connectivity index (χ3v) is 3.71. The molecule has 0 radical (unpaired) electrons. The average Bonchev–Trinajstić information content (AvgIpc) is 2.46. The summed E-state index contributed by atoms with van der Waals surface area (Å²) in [5, 5.41) is 14.8. The Balaban J connectivity index is 2.23. The first-order valence-electron chi connectivity index (χ1n) is 6.98. The van der Waals surface area contributed by atoms with Crippen molar-refractivity contribution in [3.8, 4) is 0 Å². The Morgan fingerprint density at radius 3 is 2.71 bits per heavy atom. The summed E-state index contributed by atoms with van der Waals surface area (Å²) < 4.78 is 0. The molecule has 2 N–H and O–H groups in total. The van der Waals surface area contributed by atoms with Crippen molar-refractivity contribution in [2.24, 2.45) is 0 Å². The third-order valence-electron chi connectivity index (χ3n) is 3.41. The van der Waals surface area contributed by atoms with Gasteiger partial charge in [-0.15, -0.1) is 0 Å². The molecule has 1 atom stereocenters. The fourth-order valence-corrected chi connectivity index (χ4v) is 2.55. The van der Waals surface area contributed by atoms with E-state index in [1.54, 1.807) is 6.92 Å². The molecule has 1 aromatic carbocycles. The molecule has 0 fully saturated rings. The smallest absolute Gasteiger partial charge is 0.253 e. The molecule has 1 heterocycles. The van der Waals surface area contributed by atoms with Crippen LogP contribution in [0.1, 0.15) is 37.0 Å². The van der Waals surface area contributed by atoms with Crippen molar-refractivity contribution in [1.29, 1.82) is 0 Å². The number of pyridine rings is 1. The Labute approximate surface area is 129 Å². The van der Waals surface area contributed by atoms with Crippen LogP contribution in [0.2, 0.25) is 5.15 Å². The summed E-state index contributed by atoms with van der Waals surface area (Å²) >= 11 is 6.04. The monoisotopic (exact) mass is 306 g/mol. The number of amides is 1. The van der Waals surface area contributed by atoms with Crippen LogP contribution in [0.15, 0.2) is 30.5 Å². The topological polar surface area (TPSA) is 62.2 Å². The summed E-state index contributed by atoms with van der Waals surface area (Å²) in [6, 6.07) is 7.36. The molecular weight excluding hydrogens is 288 g/mol. The highest BCUT2D eigenvalue weighted by molar-refractivity contribution is 6.34. The van der Waals surface area contributed by atoms with Gasteiger partial charge in [0.2, 0.25) is 0 Å². The standard InChI is InChI=1S/C16H19ClN2O2/c1-3-8-16(2,21)10-19-15(20)13-9-18-14(17)12-7-5-4-6-11(12)13/h4-7,9,21H,3,8,10H2,1-2H3,(H,19,20). The van der Waals surface area contributed by atoms with E-state index in [1.807, 2.05) is 31.2 Å². The minimum Gasteiger partial charge on any atom is -0.388 e. The van der Waals surface area contributed by atoms with E-state index in [-0.39, 0.29) is 12.5 Å². The van der Waals surface area contributed by atoms with E-state index in [4.69, 9.17) is 11.6 Å². The Kier molecular flexibility index (Phi) is 4.80. The van der Waals surface area contributed by atoms with Crippen molar-refractivity contribution in [2.45, 2.75) is 32.3 Å². The van der Waals surface area contributed by atoms with Crippen molar-refractivity contribution < 1.29 is 9.90 Å². The summed E-state index contributed by atoms with van der Waals surface area (Å²) in [5.74, 6) is -0.258. The zero-order chi connectivity index (χ0) is 15.5. The molecule has 1 amide bonds. The van der Waals surface area contributed by atoms with E-state index in [9.17, 15) is 9.90 Å². The van der Waals surface area contributed by atoms with Crippen molar-refractivity contribution in [2.75, 3.05) is 6.54 Å². The van der Waals surface area contributed by atoms with E-state index in [1.165, 1.54) is 6.20 Å². The molecule has 4 nitrogen and oxygen atoms in total. The van der Waals surface area contributed by atoms with Gasteiger partial charge in [0.05, 0.1) is 11.2 Å². The molecule has 0 aliphatic heterocycles. The van der Waals surface area contributed by atoms with Crippen molar-refractivity contribution >= 4 is 28.3 Å². The molecule has 2 rings (SSSR count). The largest absolute Gasteiger partial charge is 0.388 e. The molecule has 21 heavy (non-hydrogen) atoms. The molecule has 0 saturated heterocycles. The lowest BCUT2D eigenvalue weighted by molar-refractivity contribution is 0.0470. The molecule has 0 saturated carbocycles. The van der Waals surface area contributed by atoms with Crippen LogP contribution >= 0.6 is 11.6 Å². The number of nitrogens with zero attached hydrogens (tertiary/aromatic N) is 1. The Hall–Kier alpha value is -1.65. The number of aromatic nitrogens is 1. The van der Waals surface area contributed by atoms with Crippen LogP contribution in [0, 0.1) is 0 Å². The minimum atomic E-state index is -0.903. The van der Waals surface area contributed by atoms with E-state index < -0.39 is 5.60 Å². The Morgan fingerprint density at radius 1 is 1.38 bits per heavy atom. The molecule has 1 aromatic heterocycles. The van der Waals surface area contributed by atoms with Gasteiger partial charge in [0, 0.05) is 18.1 Å². The van der Waals surface area contributed by atoms with Gasteiger partial charge in [0.15, 0.2) is 0 Å². The molecule has 5 heteroatoms. The fraction of sp³-hybridized carbons (Fsp3) is 0.375. The predicted molar refractivity (Wildman–Crippen MR) is 84.6 cm³/mol. The lowest BCUT2D eigenvalue weighted by atomic mass is 10.0. The number of carbonyl (C=O) groups is 1. The second-order valence-corrected chi connectivity index (χ2v) is 5.80. The van der Waals surface area contributed by atoms with Gasteiger partial charge >= 0.3 is 0 Å². The van der Waals surface area contributed by atoms with Gasteiger partial charge in [-0.3, -0.25) is 4.79 Å². The van der Waals surface area contributed by atoms with Crippen LogP contribution < -0.4 is 5.32 Å². The zero-order valence-corrected chi connectivity index (χ0v) is 12.9. The van der Waals surface area contributed by atoms with Crippen molar-refractivity contribution in [3.63, 3.8) is 0 Å². The van der Waals surface area contributed by atoms with Gasteiger partial charge in [-0.1, -0.05) is 49.2 Å². The SMILES string of the molecule is CCCC(C)(O)CNC(=O)c1cnc(Cl)c2ccccc12. The van der Waals surface area contributed by atoms with Crippen LogP contribution in [0.3, 0.4) is 0 Å². The molecule has 0 spiro atoms. The van der Waals surface area contributed by atoms with Gasteiger partial charge in [-0.2, -0.15) is 0 Å². The molecule has 2 aromatic rings. The first-order valence-corrected chi connectivity index (χ1v) is 7.36. The summed E-state index contributed by atoms with van der Waals surface area (Å²) in [6.07, 6.45) is 2.95. The second-order valence-electron chi connectivity index (χ2n) is 5.44. The molecule has 112 valence electrons. The van der Waals surface area contributed by atoms with E-state index in [0.717, 1.165) is 17.2 Å². The van der Waals surface area contributed by atoms with Crippen LogP contribution in [-0.4, -0.2) is 28.1 Å². The number of hydrogen-bond donors (Lipinski definition) is 2. The number of aliphatic hydroxyl groups is 1. The highest BCUT2D eigenvalue weighted by Gasteiger charge is 2.21. The zero-order valence-electron chi connectivity index (χ0n) is 12.2. The van der Waals surface area contributed by atoms with Crippen LogP contribution in [0.5, 0.6) is 0 Å². The van der Waals surface area contributed by atoms with Gasteiger partial charge in [0.25, 0.3) is 5.91 Å². The molecule has 0 aliphatic carbocycles. The number of nitrogens with one attached hydrogen (secondary N) is 1. The van der Waals surface area contributed by atoms with Crippen molar-refractivity contribution in [3.05, 3.63) is 41.2 Å². The maximum atomic E-state index is 12.3. The highest BCUT2D eigenvalue weighted by atomic mass is 35.5. The number of benzene rings is 1. The van der Waals surface area contributed by atoms with E-state index in [2.05, 4.69) is 10.3 Å². The summed E-state index contributed by atoms with van der Waals surface area (Å²) in [4.78, 5) is 16.4. The van der Waals surface area contributed by atoms with Gasteiger partial charge in [-0.25, -0.2) is 4.98 Å². The number of hydrogen-bond acceptors (Lipinski definition) is 3. The number of rotatable bonds is 5. The lowest BCUT2D eigenvalue weighted by Crippen LogP contribution is -2.40. The average molecular weight is 307 g/mol. The predicted octanol–water partition coefficient (Wildman–Crippen LogP) is 3.17. The maximum absolute atomic E-state index is 12.3. The number of halogens is 1. The van der Waals surface area contributed by atoms with Crippen LogP contribution in [0.4, 0.5) is 0 Å². The molecule has 1 unspecified atom stereocenters. The van der Waals surface area contributed by atoms with Crippen molar-refractivity contribution in [1.82, 2.24) is 10.3 Å². The first kappa shape index (κ1) is 15.7. The van der Waals surface area contributed by atoms with Gasteiger partial charge < -0.3 is 10.4 Å². The summed E-state index contributed by atoms with van der Waals surface area (Å²) in [7, 11) is 0. The third kappa shape index (κ3) is 3.71. The molecule has 0 aliphatic rings. The van der Waals surface area contributed by atoms with Crippen LogP contribution in [-0.2, 0) is 0 Å². The molecule has 0 bridgehead atoms. The lowest BCUT2D eigenvalue weighted by Gasteiger charge is -2.23. The quantitative estimate of drug-likeness (QED) is 0.834. The summed E-state index contributed by atoms with van der Waals surface area (Å²) in [6.45, 7) is 3.92. The van der Waals surface area contributed by atoms with Gasteiger partial charge in [0.1, 0.15) is 5.15 Å². The fourth-order valence-electron chi connectivity index (χ4n) is 2.33. The van der Waals surface area contributed by atoms with Gasteiger partial charge in [-0.05, 0) is 18.7 Å². The molecular formula is C16H19ClN2O2. The minimum absolute atomic E-state index is 0.205. The Bertz CT molecular complexity index is 656. The number of carbonyl (C=O) groups excluding carboxylic acids is 1. The maximum Gasteiger partial charge on any atom is 0.253 e. The number of fused-ring (bicyclic) bond motifs is 1. The summed E-state index contributed by atoms with van der Waals surface area (Å²) in [5.41, 5.74) is -0.442. The first-order chi connectivity index (χ1) is 9.94. The normalized spacial score (nSPS) is 13.9. The van der Waals surface area contributed by atoms with Crippen LogP contribution in [0.25, 0.3) is 10.8 Å².